The number of hydrogen-bond acceptors (Lipinski definition) is 6. The molecule has 1 aliphatic rings. The standard InChI is InChI=1S/C21H22N4O3/c1-27-18-6-3-7-19(28-2)16(18)12-25-10-8-15-17(13-25)23-20(24-21(15)26)14-5-4-9-22-11-14/h3-7,9,11H,8,10,12-13H2,1-2H3,(H,23,24,26). The number of methoxy groups -OCH3 is 2. The summed E-state index contributed by atoms with van der Waals surface area (Å²) in [7, 11) is 3.32. The largest absolute Gasteiger partial charge is 0.496 e. The Balaban J connectivity index is 1.64. The van der Waals surface area contributed by atoms with Gasteiger partial charge in [-0.25, -0.2) is 4.98 Å². The minimum Gasteiger partial charge on any atom is -0.496 e. The van der Waals surface area contributed by atoms with Crippen molar-refractivity contribution in [3.63, 3.8) is 0 Å². The molecule has 0 saturated carbocycles. The maximum Gasteiger partial charge on any atom is 0.254 e. The third kappa shape index (κ3) is 3.48. The molecule has 3 aromatic rings. The van der Waals surface area contributed by atoms with Gasteiger partial charge in [-0.2, -0.15) is 0 Å². The number of nitrogens with zero attached hydrogens (tertiary/aromatic N) is 3. The van der Waals surface area contributed by atoms with Crippen molar-refractivity contribution >= 4 is 0 Å². The Morgan fingerprint density at radius 2 is 1.93 bits per heavy atom. The van der Waals surface area contributed by atoms with Gasteiger partial charge in [0.15, 0.2) is 0 Å². The van der Waals surface area contributed by atoms with Gasteiger partial charge in [0.25, 0.3) is 5.56 Å². The Morgan fingerprint density at radius 1 is 1.14 bits per heavy atom. The van der Waals surface area contributed by atoms with Crippen molar-refractivity contribution in [3.8, 4) is 22.9 Å². The summed E-state index contributed by atoms with van der Waals surface area (Å²) in [5.74, 6) is 2.13. The normalized spacial score (nSPS) is 13.8. The van der Waals surface area contributed by atoms with E-state index in [9.17, 15) is 4.79 Å². The first-order valence-electron chi connectivity index (χ1n) is 9.14. The molecule has 3 heterocycles. The van der Waals surface area contributed by atoms with Crippen molar-refractivity contribution < 1.29 is 9.47 Å². The monoisotopic (exact) mass is 378 g/mol. The van der Waals surface area contributed by atoms with Crippen molar-refractivity contribution in [2.45, 2.75) is 19.5 Å². The predicted molar refractivity (Wildman–Crippen MR) is 105 cm³/mol. The zero-order valence-electron chi connectivity index (χ0n) is 15.9. The fraction of sp³-hybridized carbons (Fsp3) is 0.286. The number of rotatable bonds is 5. The Morgan fingerprint density at radius 3 is 2.61 bits per heavy atom. The zero-order chi connectivity index (χ0) is 19.5. The second-order valence-electron chi connectivity index (χ2n) is 6.68. The highest BCUT2D eigenvalue weighted by molar-refractivity contribution is 5.53. The quantitative estimate of drug-likeness (QED) is 0.734. The summed E-state index contributed by atoms with van der Waals surface area (Å²) in [4.78, 5) is 26.5. The molecule has 0 radical (unpaired) electrons. The van der Waals surface area contributed by atoms with Crippen molar-refractivity contribution in [2.75, 3.05) is 20.8 Å². The van der Waals surface area contributed by atoms with Crippen LogP contribution < -0.4 is 15.0 Å². The van der Waals surface area contributed by atoms with Crippen molar-refractivity contribution in [3.05, 3.63) is 69.9 Å². The third-order valence-corrected chi connectivity index (χ3v) is 5.00. The van der Waals surface area contributed by atoms with Crippen LogP contribution in [0.2, 0.25) is 0 Å². The van der Waals surface area contributed by atoms with Crippen LogP contribution in [0.3, 0.4) is 0 Å². The van der Waals surface area contributed by atoms with Crippen LogP contribution in [0, 0.1) is 0 Å². The number of pyridine rings is 1. The van der Waals surface area contributed by atoms with Gasteiger partial charge < -0.3 is 14.5 Å². The first kappa shape index (κ1) is 18.2. The molecule has 144 valence electrons. The van der Waals surface area contributed by atoms with Gasteiger partial charge >= 0.3 is 0 Å². The molecule has 1 N–H and O–H groups in total. The van der Waals surface area contributed by atoms with E-state index in [0.29, 0.717) is 25.3 Å². The second kappa shape index (κ2) is 7.82. The SMILES string of the molecule is COc1cccc(OC)c1CN1CCc2c(nc(-c3cccnc3)[nH]c2=O)C1. The third-order valence-electron chi connectivity index (χ3n) is 5.00. The van der Waals surface area contributed by atoms with Gasteiger partial charge in [-0.3, -0.25) is 14.7 Å². The van der Waals surface area contributed by atoms with Crippen LogP contribution in [-0.4, -0.2) is 40.6 Å². The highest BCUT2D eigenvalue weighted by Gasteiger charge is 2.23. The fourth-order valence-corrected chi connectivity index (χ4v) is 3.58. The number of H-pyrrole nitrogens is 1. The van der Waals surface area contributed by atoms with Crippen LogP contribution in [-0.2, 0) is 19.5 Å². The predicted octanol–water partition coefficient (Wildman–Crippen LogP) is 2.41. The summed E-state index contributed by atoms with van der Waals surface area (Å²) >= 11 is 0. The zero-order valence-corrected chi connectivity index (χ0v) is 15.9. The molecule has 2 aromatic heterocycles. The lowest BCUT2D eigenvalue weighted by Gasteiger charge is -2.28. The number of fused-ring (bicyclic) bond motifs is 1. The van der Waals surface area contributed by atoms with Crippen molar-refractivity contribution in [1.82, 2.24) is 19.9 Å². The molecule has 0 spiro atoms. The molecule has 0 unspecified atom stereocenters. The smallest absolute Gasteiger partial charge is 0.254 e. The van der Waals surface area contributed by atoms with E-state index in [1.165, 1.54) is 0 Å². The van der Waals surface area contributed by atoms with Gasteiger partial charge in [-0.1, -0.05) is 6.07 Å². The molecule has 0 amide bonds. The van der Waals surface area contributed by atoms with Crippen LogP contribution in [0.25, 0.3) is 11.4 Å². The van der Waals surface area contributed by atoms with Crippen LogP contribution in [0.5, 0.6) is 11.5 Å². The highest BCUT2D eigenvalue weighted by atomic mass is 16.5. The van der Waals surface area contributed by atoms with Gasteiger partial charge in [-0.05, 0) is 30.7 Å². The first-order valence-corrected chi connectivity index (χ1v) is 9.14. The lowest BCUT2D eigenvalue weighted by Crippen LogP contribution is -2.35. The van der Waals surface area contributed by atoms with E-state index in [1.807, 2.05) is 30.3 Å². The summed E-state index contributed by atoms with van der Waals surface area (Å²) in [6, 6.07) is 9.49. The molecular weight excluding hydrogens is 356 g/mol. The van der Waals surface area contributed by atoms with E-state index >= 15 is 0 Å². The van der Waals surface area contributed by atoms with E-state index in [-0.39, 0.29) is 5.56 Å². The molecule has 0 fully saturated rings. The number of benzene rings is 1. The summed E-state index contributed by atoms with van der Waals surface area (Å²) in [6.45, 7) is 2.02. The summed E-state index contributed by atoms with van der Waals surface area (Å²) in [6.07, 6.45) is 4.05. The molecule has 1 aromatic carbocycles. The molecule has 0 atom stereocenters. The lowest BCUT2D eigenvalue weighted by molar-refractivity contribution is 0.233. The number of hydrogen-bond donors (Lipinski definition) is 1. The molecule has 0 aliphatic carbocycles. The molecular formula is C21H22N4O3. The van der Waals surface area contributed by atoms with E-state index in [1.54, 1.807) is 26.6 Å². The second-order valence-corrected chi connectivity index (χ2v) is 6.68. The number of aromatic nitrogens is 3. The van der Waals surface area contributed by atoms with Gasteiger partial charge in [0.2, 0.25) is 0 Å². The fourth-order valence-electron chi connectivity index (χ4n) is 3.58. The molecule has 7 nitrogen and oxygen atoms in total. The summed E-state index contributed by atoms with van der Waals surface area (Å²) in [5, 5.41) is 0. The highest BCUT2D eigenvalue weighted by Crippen LogP contribution is 2.31. The Labute approximate surface area is 163 Å². The Hall–Kier alpha value is -3.19. The lowest BCUT2D eigenvalue weighted by atomic mass is 10.0. The minimum atomic E-state index is -0.0709. The molecule has 4 rings (SSSR count). The summed E-state index contributed by atoms with van der Waals surface area (Å²) in [5.41, 5.74) is 3.29. The number of nitrogens with one attached hydrogen (secondary N) is 1. The van der Waals surface area contributed by atoms with Gasteiger partial charge in [-0.15, -0.1) is 0 Å². The Bertz CT molecular complexity index is 1010. The topological polar surface area (TPSA) is 80.3 Å². The van der Waals surface area contributed by atoms with Crippen molar-refractivity contribution in [2.24, 2.45) is 0 Å². The number of aromatic amines is 1. The molecule has 0 saturated heterocycles. The molecule has 7 heteroatoms. The number of ether oxygens (including phenoxy) is 2. The van der Waals surface area contributed by atoms with Gasteiger partial charge in [0, 0.05) is 43.2 Å². The molecule has 1 aliphatic heterocycles. The van der Waals surface area contributed by atoms with E-state index in [4.69, 9.17) is 14.5 Å². The summed E-state index contributed by atoms with van der Waals surface area (Å²) < 4.78 is 11.0. The van der Waals surface area contributed by atoms with Crippen LogP contribution in [0.1, 0.15) is 16.8 Å². The van der Waals surface area contributed by atoms with Gasteiger partial charge in [0.1, 0.15) is 17.3 Å². The molecule has 28 heavy (non-hydrogen) atoms. The first-order chi connectivity index (χ1) is 13.7. The van der Waals surface area contributed by atoms with Crippen LogP contribution >= 0.6 is 0 Å². The average Bonchev–Trinajstić information content (AvgIpc) is 2.74. The Kier molecular flexibility index (Phi) is 5.08. The van der Waals surface area contributed by atoms with Gasteiger partial charge in [0.05, 0.1) is 25.5 Å². The van der Waals surface area contributed by atoms with Crippen LogP contribution in [0.4, 0.5) is 0 Å². The molecule has 0 bridgehead atoms. The maximum atomic E-state index is 12.5. The maximum absolute atomic E-state index is 12.5. The van der Waals surface area contributed by atoms with Crippen LogP contribution in [0.15, 0.2) is 47.5 Å². The van der Waals surface area contributed by atoms with E-state index in [2.05, 4.69) is 14.9 Å². The van der Waals surface area contributed by atoms with E-state index in [0.717, 1.165) is 40.4 Å². The minimum absolute atomic E-state index is 0.0709. The average molecular weight is 378 g/mol. The van der Waals surface area contributed by atoms with Crippen molar-refractivity contribution in [1.29, 1.82) is 0 Å². The van der Waals surface area contributed by atoms with E-state index < -0.39 is 0 Å².